The van der Waals surface area contributed by atoms with Crippen LogP contribution in [0.2, 0.25) is 0 Å². The van der Waals surface area contributed by atoms with E-state index in [1.54, 1.807) is 31.4 Å². The monoisotopic (exact) mass is 422 g/mol. The molecule has 160 valence electrons. The molecule has 2 aromatic rings. The van der Waals surface area contributed by atoms with E-state index in [-0.39, 0.29) is 25.2 Å². The smallest absolute Gasteiger partial charge is 0.309 e. The highest BCUT2D eigenvalue weighted by atomic mass is 31.2. The van der Waals surface area contributed by atoms with E-state index >= 15 is 0 Å². The topological polar surface area (TPSA) is 86.9 Å². The fourth-order valence-electron chi connectivity index (χ4n) is 3.11. The minimum Gasteiger partial charge on any atom is -0.497 e. The van der Waals surface area contributed by atoms with Gasteiger partial charge in [0.15, 0.2) is 14.2 Å². The number of carbonyl (C=O) groups is 1. The van der Waals surface area contributed by atoms with Crippen LogP contribution < -0.4 is 4.74 Å². The zero-order valence-corrected chi connectivity index (χ0v) is 18.8. The lowest BCUT2D eigenvalue weighted by Crippen LogP contribution is -2.34. The summed E-state index contributed by atoms with van der Waals surface area (Å²) in [6.07, 6.45) is 5.35. The third kappa shape index (κ3) is 5.45. The number of hydrogen-bond acceptors (Lipinski definition) is 5. The molecule has 0 spiro atoms. The second kappa shape index (κ2) is 10.0. The number of rotatable bonds is 10. The molecule has 0 aliphatic carbocycles. The summed E-state index contributed by atoms with van der Waals surface area (Å²) in [5.41, 5.74) is 0.957. The van der Waals surface area contributed by atoms with Gasteiger partial charge in [-0.05, 0) is 52.9 Å². The first kappa shape index (κ1) is 23.1. The van der Waals surface area contributed by atoms with Crippen LogP contribution in [0.1, 0.15) is 18.0 Å². The van der Waals surface area contributed by atoms with Crippen molar-refractivity contribution in [2.24, 2.45) is 0 Å². The van der Waals surface area contributed by atoms with Crippen LogP contribution >= 0.6 is 7.51 Å². The lowest BCUT2D eigenvalue weighted by atomic mass is 10.0. The van der Waals surface area contributed by atoms with Gasteiger partial charge in [-0.25, -0.2) is 9.65 Å². The van der Waals surface area contributed by atoms with Crippen molar-refractivity contribution < 1.29 is 14.3 Å². The molecule has 0 aliphatic rings. The highest BCUT2D eigenvalue weighted by Crippen LogP contribution is 2.52. The van der Waals surface area contributed by atoms with Crippen molar-refractivity contribution in [1.29, 1.82) is 5.16 Å². The quantitative estimate of drug-likeness (QED) is 0.358. The van der Waals surface area contributed by atoms with Gasteiger partial charge in [0.2, 0.25) is 0 Å². The Balaban J connectivity index is 2.09. The van der Waals surface area contributed by atoms with Gasteiger partial charge in [-0.3, -0.25) is 19.3 Å². The molecule has 0 fully saturated rings. The van der Waals surface area contributed by atoms with Crippen LogP contribution in [0.15, 0.2) is 43.0 Å². The van der Waals surface area contributed by atoms with Crippen molar-refractivity contribution in [3.05, 3.63) is 48.5 Å². The normalized spacial score (nSPS) is 13.1. The number of esters is 1. The molecule has 1 aromatic heterocycles. The maximum atomic E-state index is 12.6. The third-order valence-corrected chi connectivity index (χ3v) is 8.05. The number of nitrogens with zero attached hydrogens (tertiary/aromatic N) is 5. The first-order chi connectivity index (χ1) is 13.7. The van der Waals surface area contributed by atoms with Gasteiger partial charge in [0.05, 0.1) is 25.9 Å². The van der Waals surface area contributed by atoms with Gasteiger partial charge < -0.3 is 14.0 Å². The summed E-state index contributed by atoms with van der Waals surface area (Å²) in [4.78, 5) is 16.7. The molecule has 1 N–H and O–H groups in total. The maximum absolute atomic E-state index is 12.6. The van der Waals surface area contributed by atoms with Crippen molar-refractivity contribution in [3.63, 3.8) is 0 Å². The first-order valence-electron chi connectivity index (χ1n) is 9.18. The molecular formula is C19H31N6O3P. The van der Waals surface area contributed by atoms with E-state index in [1.165, 1.54) is 0 Å². The van der Waals surface area contributed by atoms with E-state index in [0.29, 0.717) is 0 Å². The van der Waals surface area contributed by atoms with E-state index in [0.717, 1.165) is 11.3 Å². The predicted octanol–water partition coefficient (Wildman–Crippen LogP) is 2.95. The summed E-state index contributed by atoms with van der Waals surface area (Å²) in [5, 5.41) is 8.78. The highest BCUT2D eigenvalue weighted by molar-refractivity contribution is 7.57. The third-order valence-electron chi connectivity index (χ3n) is 4.75. The van der Waals surface area contributed by atoms with Gasteiger partial charge in [-0.15, -0.1) is 0 Å². The number of ether oxygens (including phenoxy) is 2. The van der Waals surface area contributed by atoms with Crippen LogP contribution in [0, 0.1) is 5.16 Å². The molecule has 1 aromatic carbocycles. The van der Waals surface area contributed by atoms with E-state index in [9.17, 15) is 4.79 Å². The number of nitrogens with one attached hydrogen (secondary N) is 1. The number of benzene rings is 1. The van der Waals surface area contributed by atoms with Crippen LogP contribution in [0.4, 0.5) is 0 Å². The van der Waals surface area contributed by atoms with Crippen molar-refractivity contribution in [2.75, 3.05) is 49.1 Å². The largest absolute Gasteiger partial charge is 0.497 e. The van der Waals surface area contributed by atoms with E-state index in [2.05, 4.69) is 4.98 Å². The molecule has 0 saturated heterocycles. The molecule has 2 rings (SSSR count). The Labute approximate surface area is 172 Å². The molecule has 10 heteroatoms. The van der Waals surface area contributed by atoms with Crippen molar-refractivity contribution >= 4 is 13.5 Å². The molecule has 0 saturated carbocycles. The molecule has 29 heavy (non-hydrogen) atoms. The van der Waals surface area contributed by atoms with Crippen molar-refractivity contribution in [3.8, 4) is 5.75 Å². The molecule has 1 unspecified atom stereocenters. The molecular weight excluding hydrogens is 391 g/mol. The number of imidazole rings is 1. The van der Waals surface area contributed by atoms with E-state index in [1.807, 2.05) is 72.6 Å². The Hall–Kier alpha value is -2.19. The molecule has 0 amide bonds. The van der Waals surface area contributed by atoms with Crippen molar-refractivity contribution in [2.45, 2.75) is 12.5 Å². The summed E-state index contributed by atoms with van der Waals surface area (Å²) in [5.74, 6) is 0.417. The second-order valence-electron chi connectivity index (χ2n) is 7.07. The molecule has 0 bridgehead atoms. The number of methoxy groups -OCH3 is 1. The van der Waals surface area contributed by atoms with Gasteiger partial charge in [0.25, 0.3) is 0 Å². The fourth-order valence-corrected chi connectivity index (χ4v) is 5.26. The Kier molecular flexibility index (Phi) is 7.98. The number of hydrogen-bond donors (Lipinski definition) is 1. The highest BCUT2D eigenvalue weighted by Gasteiger charge is 2.29. The van der Waals surface area contributed by atoms with Crippen LogP contribution in [-0.4, -0.2) is 78.6 Å². The SMILES string of the molecule is COc1ccc(C(CC(=O)OCN(C)P(=N)(N(C)C)N(C)C)n2ccnc2)cc1. The second-order valence-corrected chi connectivity index (χ2v) is 10.5. The van der Waals surface area contributed by atoms with Gasteiger partial charge >= 0.3 is 5.97 Å². The lowest BCUT2D eigenvalue weighted by molar-refractivity contribution is -0.146. The average molecular weight is 422 g/mol. The lowest BCUT2D eigenvalue weighted by Gasteiger charge is -2.40. The van der Waals surface area contributed by atoms with Gasteiger partial charge in [-0.1, -0.05) is 12.1 Å². The molecule has 9 nitrogen and oxygen atoms in total. The van der Waals surface area contributed by atoms with Crippen molar-refractivity contribution in [1.82, 2.24) is 23.6 Å². The molecule has 0 radical (unpaired) electrons. The summed E-state index contributed by atoms with van der Waals surface area (Å²) >= 11 is 0. The van der Waals surface area contributed by atoms with Gasteiger partial charge in [0.1, 0.15) is 5.75 Å². The van der Waals surface area contributed by atoms with Crippen LogP contribution in [0.5, 0.6) is 5.75 Å². The zero-order valence-electron chi connectivity index (χ0n) is 17.9. The fraction of sp³-hybridized carbons (Fsp3) is 0.474. The number of carbonyl (C=O) groups excluding carboxylic acids is 1. The zero-order chi connectivity index (χ0) is 21.6. The number of aromatic nitrogens is 2. The Morgan fingerprint density at radius 1 is 1.17 bits per heavy atom. The average Bonchev–Trinajstić information content (AvgIpc) is 3.23. The summed E-state index contributed by atoms with van der Waals surface area (Å²) in [6, 6.07) is 7.36. The van der Waals surface area contributed by atoms with E-state index < -0.39 is 7.51 Å². The van der Waals surface area contributed by atoms with Crippen LogP contribution in [-0.2, 0) is 9.53 Å². The minimum absolute atomic E-state index is 0.0474. The van der Waals surface area contributed by atoms with E-state index in [4.69, 9.17) is 14.6 Å². The molecule has 0 aliphatic heterocycles. The first-order valence-corrected chi connectivity index (χ1v) is 10.8. The predicted molar refractivity (Wildman–Crippen MR) is 114 cm³/mol. The van der Waals surface area contributed by atoms with Gasteiger partial charge in [-0.2, -0.15) is 0 Å². The summed E-state index contributed by atoms with van der Waals surface area (Å²) in [6.45, 7) is 0.0474. The molecule has 1 atom stereocenters. The Bertz CT molecular complexity index is 811. The Morgan fingerprint density at radius 3 is 2.28 bits per heavy atom. The summed E-state index contributed by atoms with van der Waals surface area (Å²) < 4.78 is 18.1. The standard InChI is InChI=1S/C19H31N6O3P/c1-22(2)29(20,23(3)4)24(5)15-28-19(26)13-18(25-12-11-21-14-25)16-7-9-17(27-6)10-8-16/h7-12,14,18,20H,13,15H2,1-6H3. The Morgan fingerprint density at radius 2 is 1.79 bits per heavy atom. The molecule has 1 heterocycles. The minimum atomic E-state index is -2.47. The van der Waals surface area contributed by atoms with Crippen LogP contribution in [0.25, 0.3) is 0 Å². The maximum Gasteiger partial charge on any atom is 0.309 e. The van der Waals surface area contributed by atoms with Gasteiger partial charge in [0, 0.05) is 12.4 Å². The summed E-state index contributed by atoms with van der Waals surface area (Å²) in [7, 11) is 8.38. The van der Waals surface area contributed by atoms with Crippen LogP contribution in [0.3, 0.4) is 0 Å².